The zero-order valence-electron chi connectivity index (χ0n) is 12.2. The molecule has 0 radical (unpaired) electrons. The molecule has 0 bridgehead atoms. The van der Waals surface area contributed by atoms with Crippen LogP contribution in [-0.4, -0.2) is 12.6 Å². The van der Waals surface area contributed by atoms with E-state index in [1.54, 1.807) is 12.1 Å². The van der Waals surface area contributed by atoms with E-state index in [9.17, 15) is 4.39 Å². The summed E-state index contributed by atoms with van der Waals surface area (Å²) in [5, 5.41) is 3.63. The summed E-state index contributed by atoms with van der Waals surface area (Å²) in [7, 11) is 0. The van der Waals surface area contributed by atoms with Gasteiger partial charge in [0.2, 0.25) is 0 Å². The fourth-order valence-electron chi connectivity index (χ4n) is 3.30. The smallest absolute Gasteiger partial charge is 0.123 e. The number of aryl methyl sites for hydroxylation is 1. The maximum Gasteiger partial charge on any atom is 0.123 e. The first-order valence-electron chi connectivity index (χ1n) is 7.69. The molecule has 1 saturated carbocycles. The van der Waals surface area contributed by atoms with E-state index >= 15 is 0 Å². The minimum absolute atomic E-state index is 0.112. The van der Waals surface area contributed by atoms with Crippen molar-refractivity contribution in [3.8, 4) is 0 Å². The Kier molecular flexibility index (Phi) is 5.38. The number of benzene rings is 1. The van der Waals surface area contributed by atoms with Gasteiger partial charge in [-0.3, -0.25) is 0 Å². The van der Waals surface area contributed by atoms with E-state index in [4.69, 9.17) is 0 Å². The molecule has 19 heavy (non-hydrogen) atoms. The second-order valence-electron chi connectivity index (χ2n) is 5.84. The van der Waals surface area contributed by atoms with Crippen LogP contribution in [0.1, 0.15) is 50.2 Å². The van der Waals surface area contributed by atoms with Crippen molar-refractivity contribution in [2.45, 2.75) is 58.4 Å². The van der Waals surface area contributed by atoms with Gasteiger partial charge in [0.25, 0.3) is 0 Å². The summed E-state index contributed by atoms with van der Waals surface area (Å²) in [6, 6.07) is 5.67. The highest BCUT2D eigenvalue weighted by molar-refractivity contribution is 5.27. The molecule has 1 N–H and O–H groups in total. The Hall–Kier alpha value is -0.890. The molecule has 1 aliphatic carbocycles. The molecule has 2 rings (SSSR count). The van der Waals surface area contributed by atoms with Gasteiger partial charge in [-0.1, -0.05) is 32.3 Å². The SMILES string of the molecule is CCNC(Cc1cc(F)ccc1C)C1CCCCC1. The number of rotatable bonds is 5. The average molecular weight is 263 g/mol. The van der Waals surface area contributed by atoms with Crippen LogP contribution in [0.2, 0.25) is 0 Å². The lowest BCUT2D eigenvalue weighted by atomic mass is 9.81. The number of likely N-dealkylation sites (N-methyl/N-ethyl adjacent to an activating group) is 1. The van der Waals surface area contributed by atoms with Crippen molar-refractivity contribution < 1.29 is 4.39 Å². The first-order valence-corrected chi connectivity index (χ1v) is 7.69. The molecule has 1 fully saturated rings. The Morgan fingerprint density at radius 2 is 2.00 bits per heavy atom. The molecule has 1 atom stereocenters. The molecule has 0 amide bonds. The van der Waals surface area contributed by atoms with Crippen LogP contribution in [0.15, 0.2) is 18.2 Å². The van der Waals surface area contributed by atoms with Gasteiger partial charge in [-0.05, 0) is 61.9 Å². The van der Waals surface area contributed by atoms with Crippen LogP contribution in [0.5, 0.6) is 0 Å². The van der Waals surface area contributed by atoms with Gasteiger partial charge >= 0.3 is 0 Å². The highest BCUT2D eigenvalue weighted by Crippen LogP contribution is 2.28. The Morgan fingerprint density at radius 1 is 1.26 bits per heavy atom. The summed E-state index contributed by atoms with van der Waals surface area (Å²) in [5.41, 5.74) is 2.37. The molecule has 1 aliphatic rings. The molecule has 0 spiro atoms. The Balaban J connectivity index is 2.08. The van der Waals surface area contributed by atoms with E-state index in [1.165, 1.54) is 37.7 Å². The summed E-state index contributed by atoms with van der Waals surface area (Å²) in [4.78, 5) is 0. The minimum atomic E-state index is -0.112. The highest BCUT2D eigenvalue weighted by atomic mass is 19.1. The third-order valence-corrected chi connectivity index (χ3v) is 4.44. The molecule has 1 aromatic rings. The van der Waals surface area contributed by atoms with Gasteiger partial charge in [0.1, 0.15) is 5.82 Å². The summed E-state index contributed by atoms with van der Waals surface area (Å²) >= 11 is 0. The number of halogens is 1. The second kappa shape index (κ2) is 7.04. The maximum atomic E-state index is 13.4. The van der Waals surface area contributed by atoms with Crippen molar-refractivity contribution in [1.29, 1.82) is 0 Å². The molecule has 1 aromatic carbocycles. The molecular formula is C17H26FN. The topological polar surface area (TPSA) is 12.0 Å². The molecule has 1 nitrogen and oxygen atoms in total. The third kappa shape index (κ3) is 4.04. The predicted octanol–water partition coefficient (Wildman–Crippen LogP) is 4.24. The van der Waals surface area contributed by atoms with E-state index in [-0.39, 0.29) is 5.82 Å². The van der Waals surface area contributed by atoms with Crippen molar-refractivity contribution in [2.75, 3.05) is 6.54 Å². The zero-order valence-corrected chi connectivity index (χ0v) is 12.2. The van der Waals surface area contributed by atoms with Crippen LogP contribution < -0.4 is 5.32 Å². The van der Waals surface area contributed by atoms with Crippen LogP contribution in [0.4, 0.5) is 4.39 Å². The van der Waals surface area contributed by atoms with Crippen LogP contribution in [0.3, 0.4) is 0 Å². The molecule has 106 valence electrons. The average Bonchev–Trinajstić information content (AvgIpc) is 2.43. The summed E-state index contributed by atoms with van der Waals surface area (Å²) in [6.45, 7) is 5.24. The van der Waals surface area contributed by atoms with Gasteiger partial charge in [0, 0.05) is 6.04 Å². The van der Waals surface area contributed by atoms with Gasteiger partial charge in [-0.25, -0.2) is 4.39 Å². The zero-order chi connectivity index (χ0) is 13.7. The summed E-state index contributed by atoms with van der Waals surface area (Å²) in [5.74, 6) is 0.649. The van der Waals surface area contributed by atoms with Crippen molar-refractivity contribution in [3.05, 3.63) is 35.1 Å². The van der Waals surface area contributed by atoms with Crippen LogP contribution in [-0.2, 0) is 6.42 Å². The minimum Gasteiger partial charge on any atom is -0.314 e. The van der Waals surface area contributed by atoms with Gasteiger partial charge < -0.3 is 5.32 Å². The Labute approximate surface area is 116 Å². The van der Waals surface area contributed by atoms with Crippen molar-refractivity contribution >= 4 is 0 Å². The van der Waals surface area contributed by atoms with Gasteiger partial charge in [-0.15, -0.1) is 0 Å². The fraction of sp³-hybridized carbons (Fsp3) is 0.647. The van der Waals surface area contributed by atoms with E-state index in [0.29, 0.717) is 6.04 Å². The molecule has 0 heterocycles. The molecule has 1 unspecified atom stereocenters. The molecule has 0 aromatic heterocycles. The fourth-order valence-corrected chi connectivity index (χ4v) is 3.30. The summed E-state index contributed by atoms with van der Waals surface area (Å²) in [6.07, 6.45) is 7.71. The van der Waals surface area contributed by atoms with E-state index in [2.05, 4.69) is 19.2 Å². The van der Waals surface area contributed by atoms with Gasteiger partial charge in [0.15, 0.2) is 0 Å². The molecule has 0 saturated heterocycles. The third-order valence-electron chi connectivity index (χ3n) is 4.44. The van der Waals surface area contributed by atoms with Crippen molar-refractivity contribution in [2.24, 2.45) is 5.92 Å². The quantitative estimate of drug-likeness (QED) is 0.838. The van der Waals surface area contributed by atoms with Gasteiger partial charge in [0.05, 0.1) is 0 Å². The predicted molar refractivity (Wildman–Crippen MR) is 78.9 cm³/mol. The maximum absolute atomic E-state index is 13.4. The first kappa shape index (κ1) is 14.5. The van der Waals surface area contributed by atoms with Crippen molar-refractivity contribution in [3.63, 3.8) is 0 Å². The first-order chi connectivity index (χ1) is 9.20. The second-order valence-corrected chi connectivity index (χ2v) is 5.84. The van der Waals surface area contributed by atoms with Crippen LogP contribution in [0, 0.1) is 18.7 Å². The molecule has 2 heteroatoms. The van der Waals surface area contributed by atoms with Gasteiger partial charge in [-0.2, -0.15) is 0 Å². The summed E-state index contributed by atoms with van der Waals surface area (Å²) < 4.78 is 13.4. The van der Waals surface area contributed by atoms with E-state index in [0.717, 1.165) is 24.4 Å². The van der Waals surface area contributed by atoms with Crippen molar-refractivity contribution in [1.82, 2.24) is 5.32 Å². The highest BCUT2D eigenvalue weighted by Gasteiger charge is 2.23. The number of hydrogen-bond acceptors (Lipinski definition) is 1. The lowest BCUT2D eigenvalue weighted by Gasteiger charge is -2.31. The standard InChI is InChI=1S/C17H26FN/c1-3-19-17(14-7-5-4-6-8-14)12-15-11-16(18)10-9-13(15)2/h9-11,14,17,19H,3-8,12H2,1-2H3. The largest absolute Gasteiger partial charge is 0.314 e. The Morgan fingerprint density at radius 3 is 2.68 bits per heavy atom. The van der Waals surface area contributed by atoms with Crippen LogP contribution in [0.25, 0.3) is 0 Å². The van der Waals surface area contributed by atoms with E-state index < -0.39 is 0 Å². The number of nitrogens with one attached hydrogen (secondary N) is 1. The number of hydrogen-bond donors (Lipinski definition) is 1. The monoisotopic (exact) mass is 263 g/mol. The normalized spacial score (nSPS) is 18.5. The Bertz CT molecular complexity index is 396. The van der Waals surface area contributed by atoms with E-state index in [1.807, 2.05) is 6.07 Å². The lowest BCUT2D eigenvalue weighted by molar-refractivity contribution is 0.269. The molecular weight excluding hydrogens is 237 g/mol. The molecule has 0 aliphatic heterocycles. The van der Waals surface area contributed by atoms with Crippen LogP contribution >= 0.6 is 0 Å². The lowest BCUT2D eigenvalue weighted by Crippen LogP contribution is -2.39.